The third-order valence-corrected chi connectivity index (χ3v) is 5.01. The van der Waals surface area contributed by atoms with Crippen molar-refractivity contribution in [3.05, 3.63) is 27.3 Å². The van der Waals surface area contributed by atoms with E-state index in [0.29, 0.717) is 29.8 Å². The lowest BCUT2D eigenvalue weighted by atomic mass is 9.91. The standard InChI is InChI=1S/C15H20N4O3S/c1-8-13(23-10(3)16-8)14(20)18-12(11-4-6-21-7-5-11)15-17-9(2)19-22-15/h11-12H,4-7H2,1-3H3,(H,18,20)/t12-/m1/s1. The van der Waals surface area contributed by atoms with Gasteiger partial charge in [0.1, 0.15) is 10.9 Å². The van der Waals surface area contributed by atoms with Gasteiger partial charge in [0.25, 0.3) is 5.91 Å². The molecule has 0 spiro atoms. The highest BCUT2D eigenvalue weighted by Crippen LogP contribution is 2.30. The largest absolute Gasteiger partial charge is 0.381 e. The molecule has 8 heteroatoms. The van der Waals surface area contributed by atoms with E-state index in [1.165, 1.54) is 11.3 Å². The van der Waals surface area contributed by atoms with E-state index in [1.807, 2.05) is 13.8 Å². The average molecular weight is 336 g/mol. The Hall–Kier alpha value is -1.80. The quantitative estimate of drug-likeness (QED) is 0.922. The van der Waals surface area contributed by atoms with Crippen molar-refractivity contribution in [2.45, 2.75) is 39.7 Å². The number of nitrogens with one attached hydrogen (secondary N) is 1. The molecule has 3 rings (SSSR count). The molecule has 124 valence electrons. The van der Waals surface area contributed by atoms with Crippen LogP contribution in [0.4, 0.5) is 0 Å². The Labute approximate surface area is 138 Å². The first-order valence-electron chi connectivity index (χ1n) is 7.67. The Balaban J connectivity index is 1.83. The number of thiazole rings is 1. The van der Waals surface area contributed by atoms with Crippen molar-refractivity contribution >= 4 is 17.2 Å². The van der Waals surface area contributed by atoms with Crippen LogP contribution >= 0.6 is 11.3 Å². The smallest absolute Gasteiger partial charge is 0.263 e. The normalized spacial score (nSPS) is 17.2. The van der Waals surface area contributed by atoms with Gasteiger partial charge in [0.2, 0.25) is 5.89 Å². The fourth-order valence-electron chi connectivity index (χ4n) is 2.82. The molecule has 1 amide bonds. The Morgan fingerprint density at radius 2 is 2.00 bits per heavy atom. The zero-order chi connectivity index (χ0) is 16.4. The summed E-state index contributed by atoms with van der Waals surface area (Å²) in [7, 11) is 0. The van der Waals surface area contributed by atoms with Crippen molar-refractivity contribution in [1.82, 2.24) is 20.4 Å². The maximum Gasteiger partial charge on any atom is 0.263 e. The van der Waals surface area contributed by atoms with Crippen LogP contribution in [0, 0.1) is 26.7 Å². The van der Waals surface area contributed by atoms with Crippen LogP contribution in [0.1, 0.15) is 51.0 Å². The number of ether oxygens (including phenoxy) is 1. The number of aromatic nitrogens is 3. The van der Waals surface area contributed by atoms with Crippen molar-refractivity contribution in [3.8, 4) is 0 Å². The second-order valence-electron chi connectivity index (χ2n) is 5.73. The monoisotopic (exact) mass is 336 g/mol. The topological polar surface area (TPSA) is 90.1 Å². The molecular formula is C15H20N4O3S. The summed E-state index contributed by atoms with van der Waals surface area (Å²) in [5, 5.41) is 7.80. The van der Waals surface area contributed by atoms with Crippen molar-refractivity contribution in [2.24, 2.45) is 5.92 Å². The van der Waals surface area contributed by atoms with Gasteiger partial charge in [-0.25, -0.2) is 4.98 Å². The maximum atomic E-state index is 12.7. The minimum absolute atomic E-state index is 0.138. The summed E-state index contributed by atoms with van der Waals surface area (Å²) in [6.45, 7) is 6.88. The second kappa shape index (κ2) is 6.76. The summed E-state index contributed by atoms with van der Waals surface area (Å²) in [5.41, 5.74) is 0.748. The molecule has 7 nitrogen and oxygen atoms in total. The minimum Gasteiger partial charge on any atom is -0.381 e. The van der Waals surface area contributed by atoms with E-state index in [9.17, 15) is 4.79 Å². The first kappa shape index (κ1) is 16.1. The number of nitrogens with zero attached hydrogens (tertiary/aromatic N) is 3. The fraction of sp³-hybridized carbons (Fsp3) is 0.600. The molecule has 23 heavy (non-hydrogen) atoms. The minimum atomic E-state index is -0.297. The lowest BCUT2D eigenvalue weighted by Crippen LogP contribution is -2.36. The van der Waals surface area contributed by atoms with Gasteiger partial charge in [0, 0.05) is 13.2 Å². The van der Waals surface area contributed by atoms with E-state index in [4.69, 9.17) is 9.26 Å². The number of amides is 1. The predicted octanol–water partition coefficient (Wildman–Crippen LogP) is 2.35. The van der Waals surface area contributed by atoms with Gasteiger partial charge in [-0.3, -0.25) is 4.79 Å². The first-order valence-corrected chi connectivity index (χ1v) is 8.49. The van der Waals surface area contributed by atoms with Crippen LogP contribution in [-0.4, -0.2) is 34.2 Å². The Bertz CT molecular complexity index is 691. The third kappa shape index (κ3) is 3.59. The van der Waals surface area contributed by atoms with Gasteiger partial charge in [0.15, 0.2) is 5.82 Å². The van der Waals surface area contributed by atoms with Gasteiger partial charge in [-0.05, 0) is 39.5 Å². The number of carbonyl (C=O) groups is 1. The van der Waals surface area contributed by atoms with E-state index in [1.54, 1.807) is 6.92 Å². The summed E-state index contributed by atoms with van der Waals surface area (Å²) in [6.07, 6.45) is 1.71. The molecule has 0 radical (unpaired) electrons. The Morgan fingerprint density at radius 1 is 1.26 bits per heavy atom. The van der Waals surface area contributed by atoms with Crippen molar-refractivity contribution in [3.63, 3.8) is 0 Å². The number of aryl methyl sites for hydroxylation is 3. The predicted molar refractivity (Wildman–Crippen MR) is 84.4 cm³/mol. The van der Waals surface area contributed by atoms with E-state index in [0.717, 1.165) is 23.5 Å². The number of hydrogen-bond acceptors (Lipinski definition) is 7. The molecule has 0 aliphatic carbocycles. The van der Waals surface area contributed by atoms with E-state index >= 15 is 0 Å². The number of rotatable bonds is 4. The molecular weight excluding hydrogens is 316 g/mol. The van der Waals surface area contributed by atoms with Crippen LogP contribution in [0.2, 0.25) is 0 Å². The van der Waals surface area contributed by atoms with Crippen LogP contribution in [0.25, 0.3) is 0 Å². The SMILES string of the molecule is Cc1noc([C@H](NC(=O)c2sc(C)nc2C)C2CCOCC2)n1. The summed E-state index contributed by atoms with van der Waals surface area (Å²) < 4.78 is 10.7. The Morgan fingerprint density at radius 3 is 2.57 bits per heavy atom. The Kier molecular flexibility index (Phi) is 4.72. The number of hydrogen-bond donors (Lipinski definition) is 1. The highest BCUT2D eigenvalue weighted by Gasteiger charge is 2.32. The molecule has 1 saturated heterocycles. The highest BCUT2D eigenvalue weighted by atomic mass is 32.1. The van der Waals surface area contributed by atoms with Crippen molar-refractivity contribution in [2.75, 3.05) is 13.2 Å². The number of carbonyl (C=O) groups excluding carboxylic acids is 1. The van der Waals surface area contributed by atoms with E-state index < -0.39 is 0 Å². The molecule has 2 aromatic heterocycles. The van der Waals surface area contributed by atoms with Gasteiger partial charge in [-0.15, -0.1) is 11.3 Å². The lowest BCUT2D eigenvalue weighted by Gasteiger charge is -2.28. The molecule has 1 atom stereocenters. The van der Waals surface area contributed by atoms with Crippen LogP contribution in [0.5, 0.6) is 0 Å². The van der Waals surface area contributed by atoms with Crippen LogP contribution < -0.4 is 5.32 Å². The maximum absolute atomic E-state index is 12.7. The summed E-state index contributed by atoms with van der Waals surface area (Å²) in [5.74, 6) is 1.11. The van der Waals surface area contributed by atoms with Crippen molar-refractivity contribution < 1.29 is 14.1 Å². The van der Waals surface area contributed by atoms with Gasteiger partial charge in [-0.1, -0.05) is 5.16 Å². The summed E-state index contributed by atoms with van der Waals surface area (Å²) >= 11 is 1.40. The zero-order valence-electron chi connectivity index (χ0n) is 13.5. The van der Waals surface area contributed by atoms with E-state index in [-0.39, 0.29) is 17.9 Å². The molecule has 1 aliphatic rings. The molecule has 2 aromatic rings. The molecule has 1 aliphatic heterocycles. The second-order valence-corrected chi connectivity index (χ2v) is 6.93. The third-order valence-electron chi connectivity index (χ3n) is 3.94. The van der Waals surface area contributed by atoms with E-state index in [2.05, 4.69) is 20.4 Å². The van der Waals surface area contributed by atoms with Gasteiger partial charge >= 0.3 is 0 Å². The van der Waals surface area contributed by atoms with Crippen LogP contribution in [0.3, 0.4) is 0 Å². The molecule has 1 N–H and O–H groups in total. The molecule has 0 saturated carbocycles. The molecule has 0 bridgehead atoms. The molecule has 1 fully saturated rings. The first-order chi connectivity index (χ1) is 11.0. The summed E-state index contributed by atoms with van der Waals surface area (Å²) in [4.78, 5) is 21.9. The zero-order valence-corrected chi connectivity index (χ0v) is 14.3. The van der Waals surface area contributed by atoms with Gasteiger partial charge < -0.3 is 14.6 Å². The van der Waals surface area contributed by atoms with Crippen LogP contribution in [0.15, 0.2) is 4.52 Å². The van der Waals surface area contributed by atoms with Crippen molar-refractivity contribution in [1.29, 1.82) is 0 Å². The lowest BCUT2D eigenvalue weighted by molar-refractivity contribution is 0.0468. The summed E-state index contributed by atoms with van der Waals surface area (Å²) in [6, 6.07) is -0.297. The van der Waals surface area contributed by atoms with Gasteiger partial charge in [0.05, 0.1) is 10.7 Å². The van der Waals surface area contributed by atoms with Gasteiger partial charge in [-0.2, -0.15) is 4.98 Å². The average Bonchev–Trinajstić information content (AvgIpc) is 3.11. The molecule has 3 heterocycles. The fourth-order valence-corrected chi connectivity index (χ4v) is 3.64. The molecule has 0 aromatic carbocycles. The van der Waals surface area contributed by atoms with Crippen LogP contribution in [-0.2, 0) is 4.74 Å². The highest BCUT2D eigenvalue weighted by molar-refractivity contribution is 7.13. The molecule has 0 unspecified atom stereocenters.